The molecule has 0 saturated carbocycles. The molecule has 1 aromatic carbocycles. The Morgan fingerprint density at radius 3 is 2.72 bits per heavy atom. The van der Waals surface area contributed by atoms with Gasteiger partial charge < -0.3 is 4.74 Å². The van der Waals surface area contributed by atoms with Crippen LogP contribution in [-0.4, -0.2) is 10.8 Å². The highest BCUT2D eigenvalue weighted by molar-refractivity contribution is 7.12. The van der Waals surface area contributed by atoms with Gasteiger partial charge >= 0.3 is 0 Å². The van der Waals surface area contributed by atoms with Crippen molar-refractivity contribution in [1.29, 1.82) is 5.26 Å². The lowest BCUT2D eigenvalue weighted by Gasteiger charge is -2.04. The number of thiophene rings is 1. The third kappa shape index (κ3) is 4.21. The molecular formula is C19H14N2O2S2. The molecule has 0 aliphatic carbocycles. The van der Waals surface area contributed by atoms with Crippen molar-refractivity contribution in [2.75, 3.05) is 0 Å². The molecule has 0 amide bonds. The highest BCUT2D eigenvalue weighted by atomic mass is 32.1. The standard InChI is InChI=1S/C19H14N2O2S2/c1-13-6-7-25-19(13)18(22)15(9-20)8-14-2-4-17(5-3-14)23-10-16-11-24-12-21-16/h2-8,11-12H,10H2,1H3/b15-8+. The van der Waals surface area contributed by atoms with Crippen LogP contribution in [0.1, 0.15) is 26.5 Å². The van der Waals surface area contributed by atoms with Gasteiger partial charge in [-0.15, -0.1) is 22.7 Å². The third-order valence-electron chi connectivity index (χ3n) is 3.49. The van der Waals surface area contributed by atoms with Crippen molar-refractivity contribution < 1.29 is 9.53 Å². The van der Waals surface area contributed by atoms with E-state index in [1.165, 1.54) is 22.7 Å². The normalized spacial score (nSPS) is 11.1. The number of ketones is 1. The molecule has 6 heteroatoms. The van der Waals surface area contributed by atoms with Crippen LogP contribution in [0.4, 0.5) is 0 Å². The van der Waals surface area contributed by atoms with Gasteiger partial charge in [0.2, 0.25) is 5.78 Å². The van der Waals surface area contributed by atoms with Gasteiger partial charge in [-0.25, -0.2) is 4.98 Å². The Morgan fingerprint density at radius 2 is 2.12 bits per heavy atom. The number of ether oxygens (including phenoxy) is 1. The minimum atomic E-state index is -0.237. The molecule has 0 spiro atoms. The fourth-order valence-electron chi connectivity index (χ4n) is 2.17. The lowest BCUT2D eigenvalue weighted by Crippen LogP contribution is -2.01. The predicted molar refractivity (Wildman–Crippen MR) is 99.9 cm³/mol. The molecular weight excluding hydrogens is 352 g/mol. The average molecular weight is 366 g/mol. The number of nitrogens with zero attached hydrogens (tertiary/aromatic N) is 2. The average Bonchev–Trinajstić information content (AvgIpc) is 3.30. The highest BCUT2D eigenvalue weighted by Crippen LogP contribution is 2.22. The second-order valence-electron chi connectivity index (χ2n) is 5.27. The number of rotatable bonds is 6. The Hall–Kier alpha value is -2.75. The number of thiazole rings is 1. The molecule has 4 nitrogen and oxygen atoms in total. The Morgan fingerprint density at radius 1 is 1.32 bits per heavy atom. The number of aromatic nitrogens is 1. The van der Waals surface area contributed by atoms with Crippen LogP contribution in [0.3, 0.4) is 0 Å². The van der Waals surface area contributed by atoms with Crippen LogP contribution in [-0.2, 0) is 6.61 Å². The summed E-state index contributed by atoms with van der Waals surface area (Å²) in [7, 11) is 0. The number of carbonyl (C=O) groups is 1. The molecule has 0 unspecified atom stereocenters. The first-order valence-corrected chi connectivity index (χ1v) is 9.30. The molecule has 0 fully saturated rings. The smallest absolute Gasteiger partial charge is 0.213 e. The first-order valence-electron chi connectivity index (χ1n) is 7.48. The molecule has 0 radical (unpaired) electrons. The minimum absolute atomic E-state index is 0.127. The summed E-state index contributed by atoms with van der Waals surface area (Å²) >= 11 is 2.88. The molecule has 0 bridgehead atoms. The van der Waals surface area contributed by atoms with Crippen molar-refractivity contribution in [1.82, 2.24) is 4.98 Å². The van der Waals surface area contributed by atoms with Gasteiger partial charge in [-0.05, 0) is 47.7 Å². The van der Waals surface area contributed by atoms with Gasteiger partial charge in [-0.3, -0.25) is 4.79 Å². The van der Waals surface area contributed by atoms with Crippen molar-refractivity contribution in [3.05, 3.63) is 73.9 Å². The maximum atomic E-state index is 12.5. The van der Waals surface area contributed by atoms with E-state index in [2.05, 4.69) is 4.98 Å². The maximum absolute atomic E-state index is 12.5. The van der Waals surface area contributed by atoms with Crippen molar-refractivity contribution in [3.63, 3.8) is 0 Å². The van der Waals surface area contributed by atoms with E-state index < -0.39 is 0 Å². The number of hydrogen-bond donors (Lipinski definition) is 0. The van der Waals surface area contributed by atoms with E-state index in [4.69, 9.17) is 4.74 Å². The summed E-state index contributed by atoms with van der Waals surface area (Å²) in [5.41, 5.74) is 4.45. The van der Waals surface area contributed by atoms with Crippen LogP contribution >= 0.6 is 22.7 Å². The third-order valence-corrected chi connectivity index (χ3v) is 5.15. The molecule has 2 heterocycles. The van der Waals surface area contributed by atoms with Crippen LogP contribution < -0.4 is 4.74 Å². The molecule has 3 rings (SSSR count). The van der Waals surface area contributed by atoms with E-state index >= 15 is 0 Å². The molecule has 2 aromatic heterocycles. The van der Waals surface area contributed by atoms with Gasteiger partial charge in [0.25, 0.3) is 0 Å². The van der Waals surface area contributed by atoms with E-state index in [1.54, 1.807) is 11.6 Å². The molecule has 3 aromatic rings. The van der Waals surface area contributed by atoms with Crippen molar-refractivity contribution in [2.45, 2.75) is 13.5 Å². The van der Waals surface area contributed by atoms with Crippen LogP contribution in [0.2, 0.25) is 0 Å². The lowest BCUT2D eigenvalue weighted by atomic mass is 10.1. The maximum Gasteiger partial charge on any atom is 0.213 e. The number of aryl methyl sites for hydroxylation is 1. The number of Topliss-reactive ketones (excluding diaryl/α,β-unsaturated/α-hetero) is 1. The van der Waals surface area contributed by atoms with Gasteiger partial charge in [-0.2, -0.15) is 5.26 Å². The monoisotopic (exact) mass is 366 g/mol. The minimum Gasteiger partial charge on any atom is -0.487 e. The zero-order chi connectivity index (χ0) is 17.6. The number of benzene rings is 1. The van der Waals surface area contributed by atoms with Crippen molar-refractivity contribution >= 4 is 34.5 Å². The van der Waals surface area contributed by atoms with Gasteiger partial charge in [0.15, 0.2) is 0 Å². The van der Waals surface area contributed by atoms with Gasteiger partial charge in [0.1, 0.15) is 24.0 Å². The second-order valence-corrected chi connectivity index (χ2v) is 6.90. The summed E-state index contributed by atoms with van der Waals surface area (Å²) in [6, 6.07) is 11.2. The van der Waals surface area contributed by atoms with E-state index in [0.29, 0.717) is 17.2 Å². The summed E-state index contributed by atoms with van der Waals surface area (Å²) in [5, 5.41) is 13.1. The molecule has 0 aliphatic rings. The van der Waals surface area contributed by atoms with E-state index in [-0.39, 0.29) is 11.4 Å². The summed E-state index contributed by atoms with van der Waals surface area (Å²) in [5.74, 6) is 0.475. The Labute approximate surface area is 153 Å². The van der Waals surface area contributed by atoms with Crippen LogP contribution in [0, 0.1) is 18.3 Å². The first-order chi connectivity index (χ1) is 12.2. The summed E-state index contributed by atoms with van der Waals surface area (Å²) in [6.07, 6.45) is 1.60. The SMILES string of the molecule is Cc1ccsc1C(=O)/C(C#N)=C/c1ccc(OCc2cscn2)cc1. The predicted octanol–water partition coefficient (Wildman–Crippen LogP) is 4.88. The van der Waals surface area contributed by atoms with Gasteiger partial charge in [-0.1, -0.05) is 12.1 Å². The molecule has 0 atom stereocenters. The van der Waals surface area contributed by atoms with Crippen LogP contribution in [0.25, 0.3) is 6.08 Å². The number of carbonyl (C=O) groups excluding carboxylic acids is 1. The summed E-state index contributed by atoms with van der Waals surface area (Å²) < 4.78 is 5.65. The molecule has 0 saturated heterocycles. The topological polar surface area (TPSA) is 63.0 Å². The lowest BCUT2D eigenvalue weighted by molar-refractivity contribution is 0.104. The van der Waals surface area contributed by atoms with Gasteiger partial charge in [0.05, 0.1) is 16.1 Å². The van der Waals surface area contributed by atoms with Crippen molar-refractivity contribution in [2.24, 2.45) is 0 Å². The first kappa shape index (κ1) is 17.1. The van der Waals surface area contributed by atoms with Gasteiger partial charge in [0, 0.05) is 5.38 Å². The van der Waals surface area contributed by atoms with E-state index in [9.17, 15) is 10.1 Å². The van der Waals surface area contributed by atoms with Crippen LogP contribution in [0.15, 0.2) is 52.2 Å². The Kier molecular flexibility index (Phi) is 5.39. The summed E-state index contributed by atoms with van der Waals surface area (Å²) in [6.45, 7) is 2.28. The van der Waals surface area contributed by atoms with E-state index in [0.717, 1.165) is 16.8 Å². The molecule has 25 heavy (non-hydrogen) atoms. The highest BCUT2D eigenvalue weighted by Gasteiger charge is 2.15. The zero-order valence-electron chi connectivity index (χ0n) is 13.4. The Balaban J connectivity index is 1.72. The molecule has 124 valence electrons. The number of hydrogen-bond acceptors (Lipinski definition) is 6. The fourth-order valence-corrected chi connectivity index (χ4v) is 3.59. The number of allylic oxidation sites excluding steroid dienone is 1. The Bertz CT molecular complexity index is 933. The quantitative estimate of drug-likeness (QED) is 0.354. The largest absolute Gasteiger partial charge is 0.487 e. The van der Waals surface area contributed by atoms with Crippen LogP contribution in [0.5, 0.6) is 5.75 Å². The number of nitriles is 1. The second kappa shape index (κ2) is 7.88. The summed E-state index contributed by atoms with van der Waals surface area (Å²) in [4.78, 5) is 17.2. The van der Waals surface area contributed by atoms with E-state index in [1.807, 2.05) is 54.1 Å². The zero-order valence-corrected chi connectivity index (χ0v) is 15.1. The molecule has 0 N–H and O–H groups in total. The molecule has 0 aliphatic heterocycles. The van der Waals surface area contributed by atoms with Crippen molar-refractivity contribution in [3.8, 4) is 11.8 Å². The fraction of sp³-hybridized carbons (Fsp3) is 0.105.